The zero-order chi connectivity index (χ0) is 19.3. The molecule has 4 heterocycles. The van der Waals surface area contributed by atoms with Crippen LogP contribution in [-0.4, -0.2) is 40.6 Å². The Morgan fingerprint density at radius 2 is 2.11 bits per heavy atom. The Morgan fingerprint density at radius 3 is 2.74 bits per heavy atom. The Morgan fingerprint density at radius 1 is 1.33 bits per heavy atom. The number of aryl methyl sites for hydroxylation is 3. The maximum atomic E-state index is 13.4. The largest absolute Gasteiger partial charge is 0.466 e. The number of nitrogens with zero attached hydrogens (tertiary/aromatic N) is 3. The van der Waals surface area contributed by atoms with Crippen molar-refractivity contribution in [2.45, 2.75) is 34.1 Å². The lowest BCUT2D eigenvalue weighted by atomic mass is 9.90. The number of fused-ring (bicyclic) bond motifs is 1. The van der Waals surface area contributed by atoms with Crippen LogP contribution in [0.15, 0.2) is 21.1 Å². The summed E-state index contributed by atoms with van der Waals surface area (Å²) in [6.45, 7) is 9.62. The fourth-order valence-corrected chi connectivity index (χ4v) is 3.82. The predicted molar refractivity (Wildman–Crippen MR) is 101 cm³/mol. The maximum absolute atomic E-state index is 13.4. The number of amides is 1. The first-order chi connectivity index (χ1) is 12.8. The number of hydrogen-bond donors (Lipinski definition) is 1. The maximum Gasteiger partial charge on any atom is 0.259 e. The van der Waals surface area contributed by atoms with E-state index >= 15 is 0 Å². The van der Waals surface area contributed by atoms with Gasteiger partial charge in [0, 0.05) is 18.7 Å². The van der Waals surface area contributed by atoms with Crippen LogP contribution in [0.4, 0.5) is 0 Å². The van der Waals surface area contributed by atoms with Crippen molar-refractivity contribution >= 4 is 17.0 Å². The first kappa shape index (κ1) is 17.7. The number of carbonyl (C=O) groups is 1. The van der Waals surface area contributed by atoms with E-state index in [2.05, 4.69) is 17.1 Å². The number of rotatable bonds is 3. The van der Waals surface area contributed by atoms with Crippen LogP contribution in [0.2, 0.25) is 0 Å². The van der Waals surface area contributed by atoms with Gasteiger partial charge in [0.05, 0.1) is 22.3 Å². The topological polar surface area (TPSA) is 98.4 Å². The summed E-state index contributed by atoms with van der Waals surface area (Å²) in [5, 5.41) is 4.69. The second-order valence-corrected chi connectivity index (χ2v) is 7.82. The molecule has 1 fully saturated rings. The number of likely N-dealkylation sites (tertiary alicyclic amines) is 1. The molecule has 0 bridgehead atoms. The fraction of sp³-hybridized carbons (Fsp3) is 0.450. The van der Waals surface area contributed by atoms with Crippen LogP contribution in [0.1, 0.15) is 40.9 Å². The van der Waals surface area contributed by atoms with Crippen molar-refractivity contribution in [3.8, 4) is 11.3 Å². The average molecular weight is 368 g/mol. The molecule has 3 aromatic heterocycles. The molecule has 1 aliphatic rings. The molecule has 7 nitrogen and oxygen atoms in total. The quantitative estimate of drug-likeness (QED) is 0.762. The standard InChI is InChI=1S/C20H24N4O3/c1-11-7-14(13(3)26-11)16-8-15(17-12(2)23-27-18(17)22-16)19(25)24-6-5-20(4,9-21)10-24/h7-8H,5-6,9-10,21H2,1-4H3. The Labute approximate surface area is 157 Å². The van der Waals surface area contributed by atoms with Crippen molar-refractivity contribution in [3.63, 3.8) is 0 Å². The minimum absolute atomic E-state index is 0.0351. The molecular weight excluding hydrogens is 344 g/mol. The van der Waals surface area contributed by atoms with Gasteiger partial charge in [0.15, 0.2) is 0 Å². The molecule has 1 unspecified atom stereocenters. The van der Waals surface area contributed by atoms with E-state index in [1.807, 2.05) is 37.8 Å². The molecular formula is C20H24N4O3. The molecule has 1 amide bonds. The zero-order valence-corrected chi connectivity index (χ0v) is 16.1. The van der Waals surface area contributed by atoms with Crippen molar-refractivity contribution in [2.75, 3.05) is 19.6 Å². The number of nitrogens with two attached hydrogens (primary N) is 1. The summed E-state index contributed by atoms with van der Waals surface area (Å²) in [6.07, 6.45) is 0.902. The number of aromatic nitrogens is 2. The lowest BCUT2D eigenvalue weighted by molar-refractivity contribution is 0.0778. The summed E-state index contributed by atoms with van der Waals surface area (Å²) in [5.74, 6) is 1.51. The van der Waals surface area contributed by atoms with Crippen molar-refractivity contribution in [3.05, 3.63) is 34.9 Å². The van der Waals surface area contributed by atoms with E-state index in [0.717, 1.165) is 23.5 Å². The Hall–Kier alpha value is -2.67. The van der Waals surface area contributed by atoms with E-state index in [1.165, 1.54) is 0 Å². The summed E-state index contributed by atoms with van der Waals surface area (Å²) in [4.78, 5) is 19.8. The third-order valence-electron chi connectivity index (χ3n) is 5.50. The molecule has 27 heavy (non-hydrogen) atoms. The smallest absolute Gasteiger partial charge is 0.259 e. The highest BCUT2D eigenvalue weighted by Crippen LogP contribution is 2.34. The third kappa shape index (κ3) is 2.92. The van der Waals surface area contributed by atoms with Crippen LogP contribution in [0.25, 0.3) is 22.4 Å². The number of furan rings is 1. The van der Waals surface area contributed by atoms with Gasteiger partial charge >= 0.3 is 0 Å². The lowest BCUT2D eigenvalue weighted by Gasteiger charge is -2.22. The highest BCUT2D eigenvalue weighted by Gasteiger charge is 2.36. The molecule has 1 aliphatic heterocycles. The molecule has 1 atom stereocenters. The van der Waals surface area contributed by atoms with Crippen molar-refractivity contribution in [1.29, 1.82) is 0 Å². The van der Waals surface area contributed by atoms with Crippen LogP contribution in [0, 0.1) is 26.2 Å². The van der Waals surface area contributed by atoms with Gasteiger partial charge in [-0.15, -0.1) is 0 Å². The number of carbonyl (C=O) groups excluding carboxylic acids is 1. The van der Waals surface area contributed by atoms with Crippen LogP contribution in [0.3, 0.4) is 0 Å². The minimum Gasteiger partial charge on any atom is -0.466 e. The van der Waals surface area contributed by atoms with E-state index in [0.29, 0.717) is 47.7 Å². The van der Waals surface area contributed by atoms with Crippen LogP contribution in [-0.2, 0) is 0 Å². The van der Waals surface area contributed by atoms with E-state index < -0.39 is 0 Å². The molecule has 0 radical (unpaired) electrons. The van der Waals surface area contributed by atoms with Crippen LogP contribution < -0.4 is 5.73 Å². The number of pyridine rings is 1. The van der Waals surface area contributed by atoms with E-state index in [1.54, 1.807) is 0 Å². The molecule has 142 valence electrons. The van der Waals surface area contributed by atoms with Gasteiger partial charge in [-0.05, 0) is 51.3 Å². The second kappa shape index (κ2) is 6.20. The van der Waals surface area contributed by atoms with Gasteiger partial charge in [0.2, 0.25) is 0 Å². The van der Waals surface area contributed by atoms with E-state index in [-0.39, 0.29) is 11.3 Å². The van der Waals surface area contributed by atoms with Gasteiger partial charge in [-0.3, -0.25) is 4.79 Å². The second-order valence-electron chi connectivity index (χ2n) is 7.82. The van der Waals surface area contributed by atoms with Gasteiger partial charge in [0.25, 0.3) is 11.6 Å². The highest BCUT2D eigenvalue weighted by atomic mass is 16.5. The Kier molecular flexibility index (Phi) is 4.07. The molecule has 7 heteroatoms. The molecule has 3 aromatic rings. The molecule has 2 N–H and O–H groups in total. The van der Waals surface area contributed by atoms with E-state index in [9.17, 15) is 4.79 Å². The Bertz CT molecular complexity index is 1040. The minimum atomic E-state index is -0.0370. The highest BCUT2D eigenvalue weighted by molar-refractivity contribution is 6.07. The van der Waals surface area contributed by atoms with Crippen LogP contribution in [0.5, 0.6) is 0 Å². The van der Waals surface area contributed by atoms with Gasteiger partial charge in [0.1, 0.15) is 11.5 Å². The third-order valence-corrected chi connectivity index (χ3v) is 5.50. The van der Waals surface area contributed by atoms with E-state index in [4.69, 9.17) is 14.7 Å². The van der Waals surface area contributed by atoms with Crippen LogP contribution >= 0.6 is 0 Å². The zero-order valence-electron chi connectivity index (χ0n) is 16.1. The Balaban J connectivity index is 1.83. The monoisotopic (exact) mass is 368 g/mol. The number of hydrogen-bond acceptors (Lipinski definition) is 6. The summed E-state index contributed by atoms with van der Waals surface area (Å²) in [5.41, 5.74) is 8.96. The van der Waals surface area contributed by atoms with Gasteiger partial charge in [-0.25, -0.2) is 4.98 Å². The summed E-state index contributed by atoms with van der Waals surface area (Å²) >= 11 is 0. The first-order valence-electron chi connectivity index (χ1n) is 9.15. The summed E-state index contributed by atoms with van der Waals surface area (Å²) < 4.78 is 11.0. The lowest BCUT2D eigenvalue weighted by Crippen LogP contribution is -2.34. The summed E-state index contributed by atoms with van der Waals surface area (Å²) in [7, 11) is 0. The first-order valence-corrected chi connectivity index (χ1v) is 9.15. The molecule has 4 rings (SSSR count). The van der Waals surface area contributed by atoms with Crippen molar-refractivity contribution in [2.24, 2.45) is 11.1 Å². The van der Waals surface area contributed by atoms with Crippen molar-refractivity contribution in [1.82, 2.24) is 15.0 Å². The van der Waals surface area contributed by atoms with Gasteiger partial charge in [-0.2, -0.15) is 0 Å². The predicted octanol–water partition coefficient (Wildman–Crippen LogP) is 3.22. The summed E-state index contributed by atoms with van der Waals surface area (Å²) in [6, 6.07) is 3.74. The average Bonchev–Trinajstić information content (AvgIpc) is 3.31. The molecule has 1 saturated heterocycles. The normalized spacial score (nSPS) is 20.0. The molecule has 0 spiro atoms. The molecule has 0 aromatic carbocycles. The fourth-order valence-electron chi connectivity index (χ4n) is 3.82. The van der Waals surface area contributed by atoms with Gasteiger partial charge in [-0.1, -0.05) is 12.1 Å². The van der Waals surface area contributed by atoms with Gasteiger partial charge < -0.3 is 19.6 Å². The van der Waals surface area contributed by atoms with Crippen molar-refractivity contribution < 1.29 is 13.7 Å². The molecule has 0 aliphatic carbocycles. The SMILES string of the molecule is Cc1cc(-c2cc(C(=O)N3CCC(C)(CN)C3)c3c(C)noc3n2)c(C)o1. The molecule has 0 saturated carbocycles.